The van der Waals surface area contributed by atoms with Crippen LogP contribution in [0, 0.1) is 5.82 Å². The van der Waals surface area contributed by atoms with Gasteiger partial charge >= 0.3 is 0 Å². The molecule has 8 heteroatoms. The lowest BCUT2D eigenvalue weighted by molar-refractivity contribution is 0.123. The van der Waals surface area contributed by atoms with E-state index in [9.17, 15) is 13.2 Å². The molecule has 0 spiro atoms. The number of pyridine rings is 1. The topological polar surface area (TPSA) is 50.7 Å². The zero-order valence-electron chi connectivity index (χ0n) is 14.9. The Hall–Kier alpha value is -3.19. The van der Waals surface area contributed by atoms with Gasteiger partial charge in [-0.05, 0) is 23.8 Å². The van der Waals surface area contributed by atoms with Gasteiger partial charge in [0.1, 0.15) is 18.2 Å². The van der Waals surface area contributed by atoms with Crippen molar-refractivity contribution in [1.82, 2.24) is 15.0 Å². The standard InChI is InChI=1S/C21H14ClF3N4/c22-16-10-28-18-4-2-1-3-14(18)19(16)29-20(21(24)25)15-7-12(5-6-17(15)23)13-8-26-11-27-9-13/h1-11,20-21H,(H,28,29)/t20-/m0/s1. The minimum Gasteiger partial charge on any atom is -0.371 e. The van der Waals surface area contributed by atoms with Crippen LogP contribution in [0.15, 0.2) is 67.4 Å². The van der Waals surface area contributed by atoms with E-state index in [1.165, 1.54) is 37.1 Å². The number of benzene rings is 2. The van der Waals surface area contributed by atoms with E-state index in [1.807, 2.05) is 0 Å². The summed E-state index contributed by atoms with van der Waals surface area (Å²) in [7, 11) is 0. The molecule has 146 valence electrons. The number of nitrogens with one attached hydrogen (secondary N) is 1. The molecule has 4 nitrogen and oxygen atoms in total. The van der Waals surface area contributed by atoms with Gasteiger partial charge in [-0.3, -0.25) is 4.98 Å². The number of para-hydroxylation sites is 1. The molecule has 4 rings (SSSR count). The van der Waals surface area contributed by atoms with Crippen LogP contribution < -0.4 is 5.32 Å². The molecule has 2 heterocycles. The third-order valence-corrected chi connectivity index (χ3v) is 4.79. The van der Waals surface area contributed by atoms with Crippen molar-refractivity contribution in [3.63, 3.8) is 0 Å². The van der Waals surface area contributed by atoms with Crippen molar-refractivity contribution < 1.29 is 13.2 Å². The molecule has 0 saturated carbocycles. The summed E-state index contributed by atoms with van der Waals surface area (Å²) in [5, 5.41) is 3.47. The van der Waals surface area contributed by atoms with Crippen LogP contribution in [0.2, 0.25) is 5.02 Å². The summed E-state index contributed by atoms with van der Waals surface area (Å²) >= 11 is 6.23. The fourth-order valence-electron chi connectivity index (χ4n) is 3.11. The SMILES string of the molecule is Fc1ccc(-c2cncnc2)cc1[C@H](Nc1c(Cl)cnc2ccccc12)C(F)F. The van der Waals surface area contributed by atoms with Crippen molar-refractivity contribution in [2.45, 2.75) is 12.5 Å². The number of alkyl halides is 2. The monoisotopic (exact) mass is 414 g/mol. The molecule has 29 heavy (non-hydrogen) atoms. The first-order valence-electron chi connectivity index (χ1n) is 8.67. The molecule has 0 aliphatic rings. The molecule has 0 aliphatic carbocycles. The summed E-state index contributed by atoms with van der Waals surface area (Å²) in [6, 6.07) is 9.38. The van der Waals surface area contributed by atoms with E-state index in [0.29, 0.717) is 22.0 Å². The summed E-state index contributed by atoms with van der Waals surface area (Å²) < 4.78 is 42.6. The van der Waals surface area contributed by atoms with Crippen molar-refractivity contribution >= 4 is 28.2 Å². The first-order valence-corrected chi connectivity index (χ1v) is 9.05. The maximum Gasteiger partial charge on any atom is 0.262 e. The van der Waals surface area contributed by atoms with E-state index in [2.05, 4.69) is 20.3 Å². The summed E-state index contributed by atoms with van der Waals surface area (Å²) in [6.45, 7) is 0. The Kier molecular flexibility index (Phi) is 5.31. The number of nitrogens with zero attached hydrogens (tertiary/aromatic N) is 3. The molecule has 2 aromatic carbocycles. The van der Waals surface area contributed by atoms with Crippen LogP contribution in [0.1, 0.15) is 11.6 Å². The Balaban J connectivity index is 1.80. The molecule has 0 aliphatic heterocycles. The van der Waals surface area contributed by atoms with E-state index in [0.717, 1.165) is 6.07 Å². The highest BCUT2D eigenvalue weighted by Gasteiger charge is 2.27. The molecule has 4 aromatic rings. The Morgan fingerprint density at radius 1 is 0.931 bits per heavy atom. The van der Waals surface area contributed by atoms with E-state index >= 15 is 0 Å². The van der Waals surface area contributed by atoms with Crippen LogP contribution in [0.5, 0.6) is 0 Å². The zero-order valence-corrected chi connectivity index (χ0v) is 15.6. The number of halogens is 4. The maximum absolute atomic E-state index is 14.6. The number of fused-ring (bicyclic) bond motifs is 1. The van der Waals surface area contributed by atoms with Crippen molar-refractivity contribution in [3.8, 4) is 11.1 Å². The number of rotatable bonds is 5. The fraction of sp³-hybridized carbons (Fsp3) is 0.0952. The Morgan fingerprint density at radius 2 is 1.69 bits per heavy atom. The molecule has 1 N–H and O–H groups in total. The van der Waals surface area contributed by atoms with Gasteiger partial charge < -0.3 is 5.32 Å². The van der Waals surface area contributed by atoms with Gasteiger partial charge in [-0.15, -0.1) is 0 Å². The van der Waals surface area contributed by atoms with Gasteiger partial charge in [-0.2, -0.15) is 0 Å². The number of aromatic nitrogens is 3. The normalized spacial score (nSPS) is 12.3. The van der Waals surface area contributed by atoms with Crippen molar-refractivity contribution in [1.29, 1.82) is 0 Å². The van der Waals surface area contributed by atoms with E-state index in [4.69, 9.17) is 11.6 Å². The van der Waals surface area contributed by atoms with Gasteiger partial charge in [-0.1, -0.05) is 35.9 Å². The average Bonchev–Trinajstić information content (AvgIpc) is 2.74. The molecule has 0 saturated heterocycles. The largest absolute Gasteiger partial charge is 0.371 e. The van der Waals surface area contributed by atoms with E-state index < -0.39 is 18.3 Å². The highest BCUT2D eigenvalue weighted by molar-refractivity contribution is 6.34. The van der Waals surface area contributed by atoms with E-state index in [1.54, 1.807) is 24.3 Å². The highest BCUT2D eigenvalue weighted by atomic mass is 35.5. The van der Waals surface area contributed by atoms with Crippen LogP contribution in [-0.2, 0) is 0 Å². The first-order chi connectivity index (χ1) is 14.0. The predicted octanol–water partition coefficient (Wildman–Crippen LogP) is 5.90. The van der Waals surface area contributed by atoms with Crippen molar-refractivity contribution in [3.05, 3.63) is 83.8 Å². The second kappa shape index (κ2) is 8.05. The summed E-state index contributed by atoms with van der Waals surface area (Å²) in [5.41, 5.74) is 1.80. The van der Waals surface area contributed by atoms with Crippen LogP contribution in [0.25, 0.3) is 22.0 Å². The Bertz CT molecular complexity index is 1160. The quantitative estimate of drug-likeness (QED) is 0.441. The van der Waals surface area contributed by atoms with E-state index in [-0.39, 0.29) is 16.3 Å². The number of hydrogen-bond donors (Lipinski definition) is 1. The van der Waals surface area contributed by atoms with Gasteiger partial charge in [0.15, 0.2) is 0 Å². The molecule has 0 unspecified atom stereocenters. The molecular formula is C21H14ClF3N4. The van der Waals surface area contributed by atoms with Gasteiger partial charge in [0.05, 0.1) is 16.2 Å². The lowest BCUT2D eigenvalue weighted by atomic mass is 10.00. The first kappa shape index (κ1) is 19.1. The third kappa shape index (κ3) is 3.86. The van der Waals surface area contributed by atoms with Crippen LogP contribution in [-0.4, -0.2) is 21.4 Å². The lowest BCUT2D eigenvalue weighted by Crippen LogP contribution is -2.21. The third-order valence-electron chi connectivity index (χ3n) is 4.51. The highest BCUT2D eigenvalue weighted by Crippen LogP contribution is 2.36. The van der Waals surface area contributed by atoms with Crippen molar-refractivity contribution in [2.75, 3.05) is 5.32 Å². The molecule has 1 atom stereocenters. The molecule has 0 radical (unpaired) electrons. The molecule has 0 fully saturated rings. The Labute approximate surface area is 169 Å². The second-order valence-corrected chi connectivity index (χ2v) is 6.73. The molecule has 2 aromatic heterocycles. The zero-order chi connectivity index (χ0) is 20.4. The summed E-state index contributed by atoms with van der Waals surface area (Å²) in [4.78, 5) is 12.0. The molecular weight excluding hydrogens is 401 g/mol. The lowest BCUT2D eigenvalue weighted by Gasteiger charge is -2.22. The van der Waals surface area contributed by atoms with Gasteiger partial charge in [0.2, 0.25) is 0 Å². The number of anilines is 1. The van der Waals surface area contributed by atoms with Crippen LogP contribution in [0.4, 0.5) is 18.9 Å². The summed E-state index contributed by atoms with van der Waals surface area (Å²) in [5.74, 6) is -0.752. The molecule has 0 bridgehead atoms. The number of hydrogen-bond acceptors (Lipinski definition) is 4. The smallest absolute Gasteiger partial charge is 0.262 e. The molecule has 0 amide bonds. The minimum absolute atomic E-state index is 0.169. The maximum atomic E-state index is 14.6. The minimum atomic E-state index is -2.89. The van der Waals surface area contributed by atoms with Gasteiger partial charge in [-0.25, -0.2) is 23.1 Å². The predicted molar refractivity (Wildman–Crippen MR) is 107 cm³/mol. The fourth-order valence-corrected chi connectivity index (χ4v) is 3.31. The van der Waals surface area contributed by atoms with Crippen molar-refractivity contribution in [2.24, 2.45) is 0 Å². The van der Waals surface area contributed by atoms with Crippen LogP contribution in [0.3, 0.4) is 0 Å². The second-order valence-electron chi connectivity index (χ2n) is 6.32. The summed E-state index contributed by atoms with van der Waals surface area (Å²) in [6.07, 6.45) is 2.90. The van der Waals surface area contributed by atoms with Gasteiger partial charge in [0.25, 0.3) is 6.43 Å². The average molecular weight is 415 g/mol. The van der Waals surface area contributed by atoms with Crippen LogP contribution >= 0.6 is 11.6 Å². The van der Waals surface area contributed by atoms with Gasteiger partial charge in [0, 0.05) is 35.1 Å². The Morgan fingerprint density at radius 3 is 2.45 bits per heavy atom.